The second-order valence-electron chi connectivity index (χ2n) is 12.2. The number of likely N-dealkylation sites (tertiary alicyclic amines) is 1. The summed E-state index contributed by atoms with van der Waals surface area (Å²) in [7, 11) is 1.68. The first kappa shape index (κ1) is 26.4. The van der Waals surface area contributed by atoms with Crippen LogP contribution in [0.2, 0.25) is 0 Å². The normalized spacial score (nSPS) is 18.5. The number of amides is 1. The van der Waals surface area contributed by atoms with Gasteiger partial charge in [0, 0.05) is 48.7 Å². The number of fused-ring (bicyclic) bond motifs is 4. The summed E-state index contributed by atoms with van der Waals surface area (Å²) in [4.78, 5) is 21.5. The number of rotatable bonds is 3. The van der Waals surface area contributed by atoms with Gasteiger partial charge in [-0.1, -0.05) is 18.2 Å². The summed E-state index contributed by atoms with van der Waals surface area (Å²) in [6, 6.07) is 10.8. The molecule has 3 aromatic heterocycles. The standard InChI is InChI=1S/C31H31F2N7O2/c1-17-7-6-8-21-28(26-22-16-37(5)35-27(22)24(33)12-23(26)32)36-40(29(17)21)18-9-10-25(34-13-18)38-14-20-11-19(38)15-39(20)30(41)42-31(2,3)4/h6-10,12-13,16,19-20H,11,14-15H2,1-5H3/t19-,20-/m0/s1. The maximum absolute atomic E-state index is 15.4. The van der Waals surface area contributed by atoms with Crippen molar-refractivity contribution in [2.24, 2.45) is 7.05 Å². The van der Waals surface area contributed by atoms with Crippen molar-refractivity contribution in [2.75, 3.05) is 18.0 Å². The molecule has 5 aromatic rings. The number of anilines is 1. The molecule has 0 N–H and O–H groups in total. The van der Waals surface area contributed by atoms with Crippen molar-refractivity contribution in [3.8, 4) is 16.9 Å². The third-order valence-corrected chi connectivity index (χ3v) is 8.10. The van der Waals surface area contributed by atoms with Gasteiger partial charge in [-0.25, -0.2) is 23.2 Å². The van der Waals surface area contributed by atoms with E-state index in [0.717, 1.165) is 34.8 Å². The first-order valence-electron chi connectivity index (χ1n) is 14.0. The number of pyridine rings is 1. The molecule has 216 valence electrons. The van der Waals surface area contributed by atoms with Crippen LogP contribution in [0.25, 0.3) is 38.8 Å². The van der Waals surface area contributed by atoms with Gasteiger partial charge in [0.15, 0.2) is 5.82 Å². The van der Waals surface area contributed by atoms with Gasteiger partial charge in [-0.05, 0) is 51.8 Å². The molecule has 5 heterocycles. The molecule has 2 atom stereocenters. The Morgan fingerprint density at radius 3 is 2.52 bits per heavy atom. The van der Waals surface area contributed by atoms with E-state index in [1.807, 2.05) is 62.9 Å². The minimum atomic E-state index is -0.712. The SMILES string of the molecule is Cc1cccc2c(-c3c(F)cc(F)c4nn(C)cc34)nn(-c3ccc(N4C[C@@H]5C[C@H]4CN5C(=O)OC(C)(C)C)nc3)c12. The smallest absolute Gasteiger partial charge is 0.410 e. The summed E-state index contributed by atoms with van der Waals surface area (Å²) in [6.45, 7) is 8.89. The fraction of sp³-hybridized carbons (Fsp3) is 0.355. The molecular formula is C31H31F2N7O2. The highest BCUT2D eigenvalue weighted by Crippen LogP contribution is 2.39. The molecule has 2 aliphatic rings. The molecule has 1 amide bonds. The van der Waals surface area contributed by atoms with Crippen LogP contribution in [-0.2, 0) is 11.8 Å². The van der Waals surface area contributed by atoms with Crippen molar-refractivity contribution >= 4 is 33.7 Å². The van der Waals surface area contributed by atoms with Gasteiger partial charge >= 0.3 is 6.09 Å². The van der Waals surface area contributed by atoms with Crippen LogP contribution < -0.4 is 4.90 Å². The predicted octanol–water partition coefficient (Wildman–Crippen LogP) is 5.76. The van der Waals surface area contributed by atoms with Gasteiger partial charge in [-0.3, -0.25) is 4.68 Å². The lowest BCUT2D eigenvalue weighted by Gasteiger charge is -2.35. The lowest BCUT2D eigenvalue weighted by atomic mass is 10.0. The molecule has 2 fully saturated rings. The Morgan fingerprint density at radius 2 is 1.83 bits per heavy atom. The molecule has 0 saturated carbocycles. The molecule has 2 aliphatic heterocycles. The minimum Gasteiger partial charge on any atom is -0.444 e. The number of hydrogen-bond acceptors (Lipinski definition) is 6. The molecule has 0 radical (unpaired) electrons. The molecule has 2 bridgehead atoms. The van der Waals surface area contributed by atoms with Crippen molar-refractivity contribution in [2.45, 2.75) is 51.8 Å². The Bertz CT molecular complexity index is 1870. The van der Waals surface area contributed by atoms with Crippen molar-refractivity contribution < 1.29 is 18.3 Å². The number of benzene rings is 2. The fourth-order valence-electron chi connectivity index (χ4n) is 6.34. The maximum atomic E-state index is 15.4. The van der Waals surface area contributed by atoms with Gasteiger partial charge < -0.3 is 14.5 Å². The maximum Gasteiger partial charge on any atom is 0.410 e. The summed E-state index contributed by atoms with van der Waals surface area (Å²) < 4.78 is 38.8. The van der Waals surface area contributed by atoms with Crippen LogP contribution >= 0.6 is 0 Å². The number of carbonyl (C=O) groups excluding carboxylic acids is 1. The van der Waals surface area contributed by atoms with Gasteiger partial charge in [0.05, 0.1) is 29.5 Å². The molecular weight excluding hydrogens is 540 g/mol. The lowest BCUT2D eigenvalue weighted by Crippen LogP contribution is -2.50. The van der Waals surface area contributed by atoms with E-state index in [1.165, 1.54) is 4.68 Å². The third-order valence-electron chi connectivity index (χ3n) is 8.10. The Balaban J connectivity index is 1.23. The van der Waals surface area contributed by atoms with Gasteiger partial charge in [0.2, 0.25) is 0 Å². The van der Waals surface area contributed by atoms with Gasteiger partial charge in [0.25, 0.3) is 0 Å². The Kier molecular flexibility index (Phi) is 5.80. The Hall–Kier alpha value is -4.54. The van der Waals surface area contributed by atoms with Gasteiger partial charge in [-0.15, -0.1) is 0 Å². The molecule has 2 aromatic carbocycles. The van der Waals surface area contributed by atoms with E-state index < -0.39 is 17.2 Å². The number of ether oxygens (including phenoxy) is 1. The quantitative estimate of drug-likeness (QED) is 0.274. The molecule has 7 rings (SSSR count). The van der Waals surface area contributed by atoms with Crippen molar-refractivity contribution in [3.63, 3.8) is 0 Å². The summed E-state index contributed by atoms with van der Waals surface area (Å²) >= 11 is 0. The number of piperazine rings is 1. The highest BCUT2D eigenvalue weighted by atomic mass is 19.1. The first-order chi connectivity index (χ1) is 20.0. The third kappa shape index (κ3) is 4.17. The number of hydrogen-bond donors (Lipinski definition) is 0. The molecule has 0 spiro atoms. The average Bonchev–Trinajstić information content (AvgIpc) is 3.70. The predicted molar refractivity (Wildman–Crippen MR) is 156 cm³/mol. The highest BCUT2D eigenvalue weighted by molar-refractivity contribution is 6.04. The number of halogens is 2. The van der Waals surface area contributed by atoms with Crippen LogP contribution in [0.5, 0.6) is 0 Å². The van der Waals surface area contributed by atoms with Crippen LogP contribution in [0.1, 0.15) is 32.8 Å². The number of aryl methyl sites for hydroxylation is 2. The van der Waals surface area contributed by atoms with Crippen molar-refractivity contribution in [3.05, 3.63) is 66.0 Å². The Labute approximate surface area is 241 Å². The van der Waals surface area contributed by atoms with Gasteiger partial charge in [0.1, 0.15) is 28.4 Å². The second-order valence-corrected chi connectivity index (χ2v) is 12.2. The molecule has 9 nitrogen and oxygen atoms in total. The van der Waals surface area contributed by atoms with E-state index in [1.54, 1.807) is 24.1 Å². The number of carbonyl (C=O) groups is 1. The van der Waals surface area contributed by atoms with E-state index in [9.17, 15) is 9.18 Å². The highest BCUT2D eigenvalue weighted by Gasteiger charge is 2.47. The van der Waals surface area contributed by atoms with E-state index in [-0.39, 0.29) is 29.3 Å². The van der Waals surface area contributed by atoms with E-state index >= 15 is 4.39 Å². The summed E-state index contributed by atoms with van der Waals surface area (Å²) in [5.41, 5.74) is 2.68. The summed E-state index contributed by atoms with van der Waals surface area (Å²) in [5, 5.41) is 10.2. The Morgan fingerprint density at radius 1 is 1.02 bits per heavy atom. The van der Waals surface area contributed by atoms with Crippen molar-refractivity contribution in [1.29, 1.82) is 0 Å². The zero-order chi connectivity index (χ0) is 29.5. The monoisotopic (exact) mass is 571 g/mol. The van der Waals surface area contributed by atoms with Crippen LogP contribution in [0, 0.1) is 18.6 Å². The van der Waals surface area contributed by atoms with Crippen LogP contribution in [0.4, 0.5) is 19.4 Å². The van der Waals surface area contributed by atoms with E-state index in [4.69, 9.17) is 14.8 Å². The summed E-state index contributed by atoms with van der Waals surface area (Å²) in [5.74, 6) is -0.583. The zero-order valence-electron chi connectivity index (χ0n) is 24.1. The summed E-state index contributed by atoms with van der Waals surface area (Å²) in [6.07, 6.45) is 3.98. The minimum absolute atomic E-state index is 0.0847. The molecule has 11 heteroatoms. The molecule has 0 aliphatic carbocycles. The molecule has 42 heavy (non-hydrogen) atoms. The van der Waals surface area contributed by atoms with Crippen LogP contribution in [-0.4, -0.2) is 66.3 Å². The lowest BCUT2D eigenvalue weighted by molar-refractivity contribution is 0.0214. The van der Waals surface area contributed by atoms with Crippen molar-refractivity contribution in [1.82, 2.24) is 29.4 Å². The van der Waals surface area contributed by atoms with Gasteiger partial charge in [-0.2, -0.15) is 10.2 Å². The molecule has 2 saturated heterocycles. The number of aromatic nitrogens is 5. The van der Waals surface area contributed by atoms with E-state index in [2.05, 4.69) is 10.00 Å². The van der Waals surface area contributed by atoms with Crippen LogP contribution in [0.3, 0.4) is 0 Å². The second kappa shape index (κ2) is 9.23. The van der Waals surface area contributed by atoms with E-state index in [0.29, 0.717) is 29.9 Å². The largest absolute Gasteiger partial charge is 0.444 e. The molecule has 0 unspecified atom stereocenters. The van der Waals surface area contributed by atoms with Crippen LogP contribution in [0.15, 0.2) is 48.8 Å². The topological polar surface area (TPSA) is 81.3 Å². The fourth-order valence-corrected chi connectivity index (χ4v) is 6.34. The number of para-hydroxylation sites is 1. The average molecular weight is 572 g/mol. The zero-order valence-corrected chi connectivity index (χ0v) is 24.1. The first-order valence-corrected chi connectivity index (χ1v) is 14.0. The number of nitrogens with zero attached hydrogens (tertiary/aromatic N) is 7.